The molecule has 3 nitrogen and oxygen atoms in total. The molecule has 2 N–H and O–H groups in total. The Morgan fingerprint density at radius 2 is 2.28 bits per heavy atom. The van der Waals surface area contributed by atoms with Gasteiger partial charge in [0.1, 0.15) is 0 Å². The van der Waals surface area contributed by atoms with Crippen LogP contribution in [-0.4, -0.2) is 15.6 Å². The lowest BCUT2D eigenvalue weighted by molar-refractivity contribution is 0.638. The molecular weight excluding hydrogens is 290 g/mol. The largest absolute Gasteiger partial charge is 0.333 e. The van der Waals surface area contributed by atoms with Gasteiger partial charge in [-0.05, 0) is 24.1 Å². The smallest absolute Gasteiger partial charge is 0.0952 e. The molecular formula is C14H18BrN3. The van der Waals surface area contributed by atoms with E-state index in [1.807, 2.05) is 18.5 Å². The van der Waals surface area contributed by atoms with Crippen molar-refractivity contribution in [1.29, 1.82) is 0 Å². The molecule has 0 amide bonds. The molecule has 0 saturated heterocycles. The van der Waals surface area contributed by atoms with Gasteiger partial charge in [-0.2, -0.15) is 0 Å². The van der Waals surface area contributed by atoms with Crippen LogP contribution in [0.3, 0.4) is 0 Å². The number of hydrogen-bond acceptors (Lipinski definition) is 2. The van der Waals surface area contributed by atoms with Crippen LogP contribution in [0, 0.1) is 0 Å². The van der Waals surface area contributed by atoms with E-state index in [9.17, 15) is 0 Å². The molecule has 1 aromatic carbocycles. The van der Waals surface area contributed by atoms with Gasteiger partial charge in [0.15, 0.2) is 0 Å². The van der Waals surface area contributed by atoms with E-state index < -0.39 is 0 Å². The quantitative estimate of drug-likeness (QED) is 0.923. The van der Waals surface area contributed by atoms with Crippen molar-refractivity contribution in [3.8, 4) is 0 Å². The first kappa shape index (κ1) is 13.3. The third-order valence-electron chi connectivity index (χ3n) is 2.94. The lowest BCUT2D eigenvalue weighted by Gasteiger charge is -2.05. The molecule has 0 fully saturated rings. The Morgan fingerprint density at radius 1 is 1.44 bits per heavy atom. The molecule has 1 atom stereocenters. The Bertz CT molecular complexity index is 507. The molecule has 0 spiro atoms. The van der Waals surface area contributed by atoms with Crippen molar-refractivity contribution < 1.29 is 0 Å². The highest BCUT2D eigenvalue weighted by molar-refractivity contribution is 9.10. The van der Waals surface area contributed by atoms with E-state index in [-0.39, 0.29) is 6.04 Å². The number of hydrogen-bond donors (Lipinski definition) is 1. The highest BCUT2D eigenvalue weighted by Gasteiger charge is 2.05. The minimum Gasteiger partial charge on any atom is -0.333 e. The lowest BCUT2D eigenvalue weighted by atomic mass is 10.1. The van der Waals surface area contributed by atoms with Crippen LogP contribution < -0.4 is 5.73 Å². The second-order valence-electron chi connectivity index (χ2n) is 4.54. The summed E-state index contributed by atoms with van der Waals surface area (Å²) in [5.74, 6) is 0. The third kappa shape index (κ3) is 3.68. The molecule has 1 unspecified atom stereocenters. The average molecular weight is 308 g/mol. The zero-order valence-corrected chi connectivity index (χ0v) is 12.1. The van der Waals surface area contributed by atoms with Crippen LogP contribution in [0.2, 0.25) is 0 Å². The Kier molecular flexibility index (Phi) is 4.55. The van der Waals surface area contributed by atoms with E-state index in [0.717, 1.165) is 29.6 Å². The number of aromatic nitrogens is 2. The number of nitrogens with zero attached hydrogens (tertiary/aromatic N) is 2. The van der Waals surface area contributed by atoms with Gasteiger partial charge < -0.3 is 10.3 Å². The molecule has 0 aliphatic carbocycles. The summed E-state index contributed by atoms with van der Waals surface area (Å²) in [6, 6.07) is 8.52. The standard InChI is InChI=1S/C14H18BrN3/c1-2-13(16)7-14-9-18(10-17-14)8-11-4-3-5-12(15)6-11/h3-6,9-10,13H,2,7-8,16H2,1H3. The Labute approximate surface area is 116 Å². The molecule has 1 aromatic heterocycles. The van der Waals surface area contributed by atoms with Gasteiger partial charge in [-0.3, -0.25) is 0 Å². The van der Waals surface area contributed by atoms with Gasteiger partial charge in [0, 0.05) is 29.7 Å². The number of benzene rings is 1. The van der Waals surface area contributed by atoms with Crippen molar-refractivity contribution in [2.24, 2.45) is 5.73 Å². The predicted molar refractivity (Wildman–Crippen MR) is 77.4 cm³/mol. The molecule has 1 heterocycles. The van der Waals surface area contributed by atoms with Crippen LogP contribution >= 0.6 is 15.9 Å². The normalized spacial score (nSPS) is 12.6. The fourth-order valence-electron chi connectivity index (χ4n) is 1.86. The average Bonchev–Trinajstić information content (AvgIpc) is 2.76. The van der Waals surface area contributed by atoms with E-state index in [2.05, 4.69) is 50.7 Å². The minimum atomic E-state index is 0.208. The van der Waals surface area contributed by atoms with Gasteiger partial charge in [0.05, 0.1) is 12.0 Å². The molecule has 96 valence electrons. The molecule has 0 radical (unpaired) electrons. The van der Waals surface area contributed by atoms with Crippen LogP contribution in [-0.2, 0) is 13.0 Å². The fourth-order valence-corrected chi connectivity index (χ4v) is 2.30. The Hall–Kier alpha value is -1.13. The van der Waals surface area contributed by atoms with Crippen LogP contribution in [0.5, 0.6) is 0 Å². The summed E-state index contributed by atoms with van der Waals surface area (Å²) in [6.07, 6.45) is 5.79. The zero-order chi connectivity index (χ0) is 13.0. The number of halogens is 1. The van der Waals surface area contributed by atoms with Crippen molar-refractivity contribution in [3.63, 3.8) is 0 Å². The third-order valence-corrected chi connectivity index (χ3v) is 3.43. The fraction of sp³-hybridized carbons (Fsp3) is 0.357. The topological polar surface area (TPSA) is 43.8 Å². The SMILES string of the molecule is CCC(N)Cc1cn(Cc2cccc(Br)c2)cn1. The van der Waals surface area contributed by atoms with Crippen molar-refractivity contribution in [2.45, 2.75) is 32.4 Å². The molecule has 18 heavy (non-hydrogen) atoms. The van der Waals surface area contributed by atoms with Crippen molar-refractivity contribution in [2.75, 3.05) is 0 Å². The summed E-state index contributed by atoms with van der Waals surface area (Å²) in [6.45, 7) is 2.94. The molecule has 0 saturated carbocycles. The highest BCUT2D eigenvalue weighted by Crippen LogP contribution is 2.13. The van der Waals surface area contributed by atoms with Gasteiger partial charge in [-0.25, -0.2) is 4.98 Å². The maximum absolute atomic E-state index is 5.93. The molecule has 0 aliphatic rings. The van der Waals surface area contributed by atoms with E-state index in [0.29, 0.717) is 0 Å². The van der Waals surface area contributed by atoms with Crippen molar-refractivity contribution in [1.82, 2.24) is 9.55 Å². The zero-order valence-electron chi connectivity index (χ0n) is 10.5. The second kappa shape index (κ2) is 6.16. The maximum Gasteiger partial charge on any atom is 0.0952 e. The van der Waals surface area contributed by atoms with Gasteiger partial charge in [0.2, 0.25) is 0 Å². The van der Waals surface area contributed by atoms with Crippen LogP contribution in [0.15, 0.2) is 41.3 Å². The molecule has 2 aromatic rings. The van der Waals surface area contributed by atoms with Crippen LogP contribution in [0.25, 0.3) is 0 Å². The summed E-state index contributed by atoms with van der Waals surface area (Å²) >= 11 is 3.48. The Morgan fingerprint density at radius 3 is 3.00 bits per heavy atom. The van der Waals surface area contributed by atoms with Gasteiger partial charge >= 0.3 is 0 Å². The van der Waals surface area contributed by atoms with Crippen molar-refractivity contribution in [3.05, 3.63) is 52.5 Å². The van der Waals surface area contributed by atoms with Gasteiger partial charge in [0.25, 0.3) is 0 Å². The van der Waals surface area contributed by atoms with Gasteiger partial charge in [-0.15, -0.1) is 0 Å². The molecule has 2 rings (SSSR count). The van der Waals surface area contributed by atoms with Crippen LogP contribution in [0.4, 0.5) is 0 Å². The lowest BCUT2D eigenvalue weighted by Crippen LogP contribution is -2.21. The summed E-state index contributed by atoms with van der Waals surface area (Å²) in [5.41, 5.74) is 8.26. The first-order valence-corrected chi connectivity index (χ1v) is 6.97. The summed E-state index contributed by atoms with van der Waals surface area (Å²) in [7, 11) is 0. The number of nitrogens with two attached hydrogens (primary N) is 1. The minimum absolute atomic E-state index is 0.208. The summed E-state index contributed by atoms with van der Waals surface area (Å²) in [4.78, 5) is 4.39. The molecule has 0 aliphatic heterocycles. The first-order valence-electron chi connectivity index (χ1n) is 6.18. The predicted octanol–water partition coefficient (Wildman–Crippen LogP) is 2.97. The number of imidazole rings is 1. The summed E-state index contributed by atoms with van der Waals surface area (Å²) in [5, 5.41) is 0. The first-order chi connectivity index (χ1) is 8.67. The van der Waals surface area contributed by atoms with Gasteiger partial charge in [-0.1, -0.05) is 35.0 Å². The Balaban J connectivity index is 2.02. The molecule has 4 heteroatoms. The van der Waals surface area contributed by atoms with E-state index in [4.69, 9.17) is 5.73 Å². The van der Waals surface area contributed by atoms with E-state index >= 15 is 0 Å². The second-order valence-corrected chi connectivity index (χ2v) is 5.46. The van der Waals surface area contributed by atoms with Crippen LogP contribution in [0.1, 0.15) is 24.6 Å². The van der Waals surface area contributed by atoms with E-state index in [1.54, 1.807) is 0 Å². The van der Waals surface area contributed by atoms with Crippen molar-refractivity contribution >= 4 is 15.9 Å². The highest BCUT2D eigenvalue weighted by atomic mass is 79.9. The summed E-state index contributed by atoms with van der Waals surface area (Å²) < 4.78 is 3.20. The van der Waals surface area contributed by atoms with E-state index in [1.165, 1.54) is 5.56 Å². The monoisotopic (exact) mass is 307 g/mol. The number of rotatable bonds is 5. The maximum atomic E-state index is 5.93. The molecule has 0 bridgehead atoms.